The second-order valence-corrected chi connectivity index (χ2v) is 4.39. The highest BCUT2D eigenvalue weighted by Gasteiger charge is 2.16. The summed E-state index contributed by atoms with van der Waals surface area (Å²) in [7, 11) is 0. The van der Waals surface area contributed by atoms with Crippen LogP contribution < -0.4 is 5.32 Å². The first-order valence-corrected chi connectivity index (χ1v) is 6.13. The molecule has 1 unspecified atom stereocenters. The second kappa shape index (κ2) is 7.48. The predicted molar refractivity (Wildman–Crippen MR) is 69.0 cm³/mol. The third kappa shape index (κ3) is 4.67. The zero-order chi connectivity index (χ0) is 14.3. The molecule has 6 heteroatoms. The molecule has 0 fully saturated rings. The topological polar surface area (TPSA) is 99.5 Å². The molecule has 1 aromatic heterocycles. The van der Waals surface area contributed by atoms with Gasteiger partial charge in [-0.15, -0.1) is 0 Å². The molecular weight excluding hydrogens is 248 g/mol. The lowest BCUT2D eigenvalue weighted by atomic mass is 10.1. The van der Waals surface area contributed by atoms with Gasteiger partial charge in [-0.2, -0.15) is 0 Å². The minimum Gasteiger partial charge on any atom is -0.478 e. The Morgan fingerprint density at radius 1 is 1.47 bits per heavy atom. The number of nitrogens with one attached hydrogen (secondary N) is 1. The molecule has 0 radical (unpaired) electrons. The summed E-state index contributed by atoms with van der Waals surface area (Å²) in [6.45, 7) is 2.47. The molecule has 1 atom stereocenters. The van der Waals surface area contributed by atoms with Gasteiger partial charge in [-0.05, 0) is 30.9 Å². The molecule has 3 N–H and O–H groups in total. The number of hydrogen-bond acceptors (Lipinski definition) is 4. The maximum absolute atomic E-state index is 11.8. The van der Waals surface area contributed by atoms with Gasteiger partial charge in [0.2, 0.25) is 0 Å². The number of carbonyl (C=O) groups excluding carboxylic acids is 1. The molecule has 0 aromatic carbocycles. The summed E-state index contributed by atoms with van der Waals surface area (Å²) in [6, 6.07) is 2.82. The van der Waals surface area contributed by atoms with E-state index in [0.29, 0.717) is 6.54 Å². The molecule has 1 rings (SSSR count). The highest BCUT2D eigenvalue weighted by Crippen LogP contribution is 2.06. The van der Waals surface area contributed by atoms with Crippen molar-refractivity contribution in [2.45, 2.75) is 19.8 Å². The first kappa shape index (κ1) is 15.1. The Bertz CT molecular complexity index is 448. The van der Waals surface area contributed by atoms with Crippen molar-refractivity contribution < 1.29 is 19.8 Å². The fourth-order valence-electron chi connectivity index (χ4n) is 1.59. The Morgan fingerprint density at radius 2 is 2.21 bits per heavy atom. The van der Waals surface area contributed by atoms with E-state index in [4.69, 9.17) is 10.2 Å². The van der Waals surface area contributed by atoms with Gasteiger partial charge in [-0.3, -0.25) is 9.78 Å². The van der Waals surface area contributed by atoms with Gasteiger partial charge in [0.05, 0.1) is 5.56 Å². The monoisotopic (exact) mass is 266 g/mol. The molecule has 0 saturated carbocycles. The fourth-order valence-corrected chi connectivity index (χ4v) is 1.59. The van der Waals surface area contributed by atoms with E-state index in [1.807, 2.05) is 6.92 Å². The lowest BCUT2D eigenvalue weighted by molar-refractivity contribution is 0.0690. The Labute approximate surface area is 111 Å². The quantitative estimate of drug-likeness (QED) is 0.637. The normalized spacial score (nSPS) is 11.9. The van der Waals surface area contributed by atoms with Crippen LogP contribution in [0, 0.1) is 5.92 Å². The van der Waals surface area contributed by atoms with Gasteiger partial charge in [-0.25, -0.2) is 4.79 Å². The molecule has 1 heterocycles. The third-order valence-electron chi connectivity index (χ3n) is 2.72. The smallest absolute Gasteiger partial charge is 0.338 e. The van der Waals surface area contributed by atoms with Crippen LogP contribution in [0.4, 0.5) is 0 Å². The molecule has 1 aromatic rings. The van der Waals surface area contributed by atoms with E-state index < -0.39 is 11.9 Å². The molecule has 0 aliphatic rings. The minimum absolute atomic E-state index is 0.0785. The van der Waals surface area contributed by atoms with Crippen LogP contribution >= 0.6 is 0 Å². The molecule has 0 bridgehead atoms. The van der Waals surface area contributed by atoms with E-state index in [-0.39, 0.29) is 23.8 Å². The van der Waals surface area contributed by atoms with Gasteiger partial charge in [0.1, 0.15) is 5.69 Å². The SMILES string of the molecule is CC(CO)CCCNC(=O)c1ncccc1C(=O)O. The average Bonchev–Trinajstić information content (AvgIpc) is 2.42. The lowest BCUT2D eigenvalue weighted by Gasteiger charge is -2.09. The van der Waals surface area contributed by atoms with Crippen LogP contribution in [0.5, 0.6) is 0 Å². The number of carbonyl (C=O) groups is 2. The number of nitrogens with zero attached hydrogens (tertiary/aromatic N) is 1. The molecule has 0 aliphatic heterocycles. The van der Waals surface area contributed by atoms with Gasteiger partial charge >= 0.3 is 5.97 Å². The van der Waals surface area contributed by atoms with E-state index >= 15 is 0 Å². The molecule has 6 nitrogen and oxygen atoms in total. The number of carboxylic acids is 1. The van der Waals surface area contributed by atoms with E-state index in [0.717, 1.165) is 12.8 Å². The second-order valence-electron chi connectivity index (χ2n) is 4.39. The lowest BCUT2D eigenvalue weighted by Crippen LogP contribution is -2.27. The molecule has 0 spiro atoms. The summed E-state index contributed by atoms with van der Waals surface area (Å²) in [6.07, 6.45) is 2.91. The number of carboxylic acid groups (broad SMARTS) is 1. The number of hydrogen-bond donors (Lipinski definition) is 3. The summed E-state index contributed by atoms with van der Waals surface area (Å²) in [5.41, 5.74) is -0.186. The van der Waals surface area contributed by atoms with Gasteiger partial charge in [0.15, 0.2) is 0 Å². The number of amides is 1. The zero-order valence-electron chi connectivity index (χ0n) is 10.8. The van der Waals surface area contributed by atoms with Gasteiger partial charge in [0.25, 0.3) is 5.91 Å². The maximum atomic E-state index is 11.8. The van der Waals surface area contributed by atoms with Crippen LogP contribution in [-0.4, -0.2) is 40.2 Å². The fraction of sp³-hybridized carbons (Fsp3) is 0.462. The van der Waals surface area contributed by atoms with Crippen LogP contribution in [0.3, 0.4) is 0 Å². The van der Waals surface area contributed by atoms with Crippen LogP contribution in [0.2, 0.25) is 0 Å². The number of aromatic nitrogens is 1. The number of aliphatic hydroxyl groups excluding tert-OH is 1. The van der Waals surface area contributed by atoms with Crippen molar-refractivity contribution in [3.63, 3.8) is 0 Å². The molecule has 104 valence electrons. The van der Waals surface area contributed by atoms with Crippen molar-refractivity contribution >= 4 is 11.9 Å². The van der Waals surface area contributed by atoms with E-state index in [1.54, 1.807) is 0 Å². The molecule has 0 aliphatic carbocycles. The third-order valence-corrected chi connectivity index (χ3v) is 2.72. The van der Waals surface area contributed by atoms with Crippen LogP contribution in [0.25, 0.3) is 0 Å². The predicted octanol–water partition coefficient (Wildman–Crippen LogP) is 0.918. The molecule has 19 heavy (non-hydrogen) atoms. The number of rotatable bonds is 7. The van der Waals surface area contributed by atoms with Crippen molar-refractivity contribution in [3.8, 4) is 0 Å². The molecular formula is C13H18N2O4. The summed E-state index contributed by atoms with van der Waals surface area (Å²) in [5.74, 6) is -1.47. The van der Waals surface area contributed by atoms with E-state index in [2.05, 4.69) is 10.3 Å². The van der Waals surface area contributed by atoms with Crippen LogP contribution in [0.1, 0.15) is 40.6 Å². The highest BCUT2D eigenvalue weighted by molar-refractivity contribution is 6.03. The van der Waals surface area contributed by atoms with Crippen molar-refractivity contribution in [1.82, 2.24) is 10.3 Å². The highest BCUT2D eigenvalue weighted by atomic mass is 16.4. The largest absolute Gasteiger partial charge is 0.478 e. The number of aliphatic hydroxyl groups is 1. The summed E-state index contributed by atoms with van der Waals surface area (Å²) >= 11 is 0. The van der Waals surface area contributed by atoms with Gasteiger partial charge in [0, 0.05) is 19.3 Å². The van der Waals surface area contributed by atoms with E-state index in [9.17, 15) is 9.59 Å². The zero-order valence-corrected chi connectivity index (χ0v) is 10.8. The first-order chi connectivity index (χ1) is 9.06. The van der Waals surface area contributed by atoms with Crippen molar-refractivity contribution in [1.29, 1.82) is 0 Å². The maximum Gasteiger partial charge on any atom is 0.338 e. The number of pyridine rings is 1. The van der Waals surface area contributed by atoms with Gasteiger partial charge in [-0.1, -0.05) is 6.92 Å². The van der Waals surface area contributed by atoms with Crippen LogP contribution in [-0.2, 0) is 0 Å². The standard InChI is InChI=1S/C13H18N2O4/c1-9(8-16)4-2-7-15-12(17)11-10(13(18)19)5-3-6-14-11/h3,5-6,9,16H,2,4,7-8H2,1H3,(H,15,17)(H,18,19). The molecule has 1 amide bonds. The van der Waals surface area contributed by atoms with E-state index in [1.165, 1.54) is 18.3 Å². The Morgan fingerprint density at radius 3 is 2.84 bits per heavy atom. The minimum atomic E-state index is -1.17. The first-order valence-electron chi connectivity index (χ1n) is 6.13. The summed E-state index contributed by atoms with van der Waals surface area (Å²) in [4.78, 5) is 26.5. The summed E-state index contributed by atoms with van der Waals surface area (Å²) in [5, 5.41) is 20.4. The number of aromatic carboxylic acids is 1. The molecule has 0 saturated heterocycles. The van der Waals surface area contributed by atoms with Crippen molar-refractivity contribution in [3.05, 3.63) is 29.6 Å². The Kier molecular flexibility index (Phi) is 5.95. The Hall–Kier alpha value is -1.95. The van der Waals surface area contributed by atoms with Gasteiger partial charge < -0.3 is 15.5 Å². The van der Waals surface area contributed by atoms with Crippen LogP contribution in [0.15, 0.2) is 18.3 Å². The summed E-state index contributed by atoms with van der Waals surface area (Å²) < 4.78 is 0. The average molecular weight is 266 g/mol. The van der Waals surface area contributed by atoms with Crippen molar-refractivity contribution in [2.75, 3.05) is 13.2 Å². The Balaban J connectivity index is 2.52. The van der Waals surface area contributed by atoms with Crippen molar-refractivity contribution in [2.24, 2.45) is 5.92 Å².